The number of nitrogens with zero attached hydrogens (tertiary/aromatic N) is 3. The van der Waals surface area contributed by atoms with Crippen molar-refractivity contribution in [3.63, 3.8) is 0 Å². The molecule has 124 valence electrons. The molecule has 0 aromatic carbocycles. The van der Waals surface area contributed by atoms with E-state index < -0.39 is 16.9 Å². The lowest BCUT2D eigenvalue weighted by Crippen LogP contribution is -2.30. The van der Waals surface area contributed by atoms with E-state index in [4.69, 9.17) is 16.8 Å². The highest BCUT2D eigenvalue weighted by molar-refractivity contribution is 6.32. The third-order valence-electron chi connectivity index (χ3n) is 3.18. The number of nitro groups is 1. The van der Waals surface area contributed by atoms with Gasteiger partial charge in [-0.15, -0.1) is 0 Å². The minimum absolute atomic E-state index is 0.0549. The molecule has 1 atom stereocenters. The molecule has 1 unspecified atom stereocenters. The molecule has 1 aromatic rings. The van der Waals surface area contributed by atoms with E-state index in [1.807, 2.05) is 0 Å². The molecule has 1 heterocycles. The molecule has 0 saturated carbocycles. The Hall–Kier alpha value is -2.48. The Morgan fingerprint density at radius 3 is 2.87 bits per heavy atom. The maximum absolute atomic E-state index is 12.0. The highest BCUT2D eigenvalue weighted by Gasteiger charge is 2.18. The van der Waals surface area contributed by atoms with Crippen LogP contribution < -0.4 is 5.32 Å². The lowest BCUT2D eigenvalue weighted by atomic mass is 10.0. The minimum atomic E-state index is -0.903. The van der Waals surface area contributed by atoms with Gasteiger partial charge in [0, 0.05) is 23.6 Å². The number of nitrogens with one attached hydrogen (secondary N) is 1. The van der Waals surface area contributed by atoms with E-state index in [-0.39, 0.29) is 23.0 Å². The van der Waals surface area contributed by atoms with Crippen molar-refractivity contribution in [3.8, 4) is 0 Å². The molecule has 8 nitrogen and oxygen atoms in total. The second-order valence-electron chi connectivity index (χ2n) is 4.65. The summed E-state index contributed by atoms with van der Waals surface area (Å²) >= 11 is 5.81. The number of carbonyl (C=O) groups is 1. The van der Waals surface area contributed by atoms with Crippen molar-refractivity contribution >= 4 is 23.2 Å². The molecule has 1 aromatic heterocycles. The Kier molecular flexibility index (Phi) is 7.14. The summed E-state index contributed by atoms with van der Waals surface area (Å²) in [5.41, 5.74) is 0.769. The fourth-order valence-corrected chi connectivity index (χ4v) is 2.01. The predicted octanol–water partition coefficient (Wildman–Crippen LogP) is 2.30. The predicted molar refractivity (Wildman–Crippen MR) is 85.6 cm³/mol. The summed E-state index contributed by atoms with van der Waals surface area (Å²) in [6.07, 6.45) is 3.27. The van der Waals surface area contributed by atoms with Gasteiger partial charge in [0.25, 0.3) is 5.91 Å². The number of oxime groups is 1. The first kappa shape index (κ1) is 18.6. The number of aromatic nitrogens is 1. The Balaban J connectivity index is 2.80. The molecule has 0 spiro atoms. The van der Waals surface area contributed by atoms with Crippen LogP contribution in [0.15, 0.2) is 35.1 Å². The zero-order valence-corrected chi connectivity index (χ0v) is 13.4. The van der Waals surface area contributed by atoms with Crippen molar-refractivity contribution in [1.29, 1.82) is 0 Å². The van der Waals surface area contributed by atoms with Crippen LogP contribution in [0.1, 0.15) is 30.6 Å². The molecular weight excluding hydrogens is 324 g/mol. The van der Waals surface area contributed by atoms with E-state index >= 15 is 0 Å². The number of hydrogen-bond acceptors (Lipinski definition) is 6. The van der Waals surface area contributed by atoms with E-state index in [0.29, 0.717) is 12.0 Å². The summed E-state index contributed by atoms with van der Waals surface area (Å²) < 4.78 is 0. The lowest BCUT2D eigenvalue weighted by Gasteiger charge is -2.09. The second kappa shape index (κ2) is 8.84. The zero-order chi connectivity index (χ0) is 17.4. The molecule has 0 aliphatic rings. The number of halogens is 1. The Morgan fingerprint density at radius 1 is 1.65 bits per heavy atom. The van der Waals surface area contributed by atoms with Crippen LogP contribution in [0.4, 0.5) is 0 Å². The summed E-state index contributed by atoms with van der Waals surface area (Å²) in [6.45, 7) is 3.10. The van der Waals surface area contributed by atoms with Crippen molar-refractivity contribution < 1.29 is 14.9 Å². The van der Waals surface area contributed by atoms with Gasteiger partial charge in [-0.3, -0.25) is 14.9 Å². The summed E-state index contributed by atoms with van der Waals surface area (Å²) in [6, 6.07) is 2.17. The molecule has 23 heavy (non-hydrogen) atoms. The van der Waals surface area contributed by atoms with Crippen molar-refractivity contribution in [2.45, 2.75) is 26.3 Å². The van der Waals surface area contributed by atoms with Crippen LogP contribution in [-0.4, -0.2) is 39.3 Å². The highest BCUT2D eigenvalue weighted by atomic mass is 35.5. The third kappa shape index (κ3) is 5.33. The zero-order valence-electron chi connectivity index (χ0n) is 12.7. The van der Waals surface area contributed by atoms with E-state index in [0.717, 1.165) is 0 Å². The number of carbonyl (C=O) groups excluding carboxylic acids is 1. The van der Waals surface area contributed by atoms with Crippen LogP contribution >= 0.6 is 11.6 Å². The molecule has 0 bridgehead atoms. The van der Waals surface area contributed by atoms with Crippen molar-refractivity contribution in [3.05, 3.63) is 50.8 Å². The van der Waals surface area contributed by atoms with Gasteiger partial charge in [-0.1, -0.05) is 23.7 Å². The van der Waals surface area contributed by atoms with Crippen LogP contribution in [0.3, 0.4) is 0 Å². The first-order valence-electron chi connectivity index (χ1n) is 6.84. The topological polar surface area (TPSA) is 118 Å². The van der Waals surface area contributed by atoms with Crippen molar-refractivity contribution in [2.75, 3.05) is 6.54 Å². The lowest BCUT2D eigenvalue weighted by molar-refractivity contribution is -0.507. The van der Waals surface area contributed by atoms with Crippen LogP contribution in [0.5, 0.6) is 0 Å². The van der Waals surface area contributed by atoms with E-state index in [2.05, 4.69) is 15.5 Å². The summed E-state index contributed by atoms with van der Waals surface area (Å²) in [4.78, 5) is 26.2. The summed E-state index contributed by atoms with van der Waals surface area (Å²) in [5.74, 6) is -0.488. The third-order valence-corrected chi connectivity index (χ3v) is 3.48. The highest BCUT2D eigenvalue weighted by Crippen LogP contribution is 2.12. The molecule has 0 radical (unpaired) electrons. The number of rotatable bonds is 7. The SMILES string of the molecule is CC/C(=C\C(CNC(=O)c1cccnc1Cl)=N/O)C(C)[N+](=O)[O-]. The van der Waals surface area contributed by atoms with E-state index in [1.165, 1.54) is 25.3 Å². The number of hydrogen-bond donors (Lipinski definition) is 2. The Bertz CT molecular complexity index is 645. The fraction of sp³-hybridized carbons (Fsp3) is 0.357. The van der Waals surface area contributed by atoms with Gasteiger partial charge in [-0.25, -0.2) is 4.98 Å². The summed E-state index contributed by atoms with van der Waals surface area (Å²) in [7, 11) is 0. The first-order chi connectivity index (χ1) is 10.9. The molecule has 0 aliphatic heterocycles. The van der Waals surface area contributed by atoms with Gasteiger partial charge in [-0.05, 0) is 24.6 Å². The first-order valence-corrected chi connectivity index (χ1v) is 7.22. The van der Waals surface area contributed by atoms with Gasteiger partial charge in [0.05, 0.1) is 17.8 Å². The van der Waals surface area contributed by atoms with Crippen LogP contribution in [0.2, 0.25) is 5.15 Å². The maximum atomic E-state index is 12.0. The van der Waals surface area contributed by atoms with Gasteiger partial charge in [0.1, 0.15) is 5.15 Å². The van der Waals surface area contributed by atoms with Crippen LogP contribution in [0, 0.1) is 10.1 Å². The van der Waals surface area contributed by atoms with Gasteiger partial charge in [-0.2, -0.15) is 0 Å². The molecule has 9 heteroatoms. The smallest absolute Gasteiger partial charge is 0.254 e. The standard InChI is InChI=1S/C14H17ClN4O4/c1-3-10(9(2)19(22)23)7-11(18-21)8-17-14(20)12-5-4-6-16-13(12)15/h4-7,9,21H,3,8H2,1-2H3,(H,17,20)/b10-7+,18-11+. The fourth-order valence-electron chi connectivity index (χ4n) is 1.80. The normalized spacial score (nSPS) is 13.5. The minimum Gasteiger partial charge on any atom is -0.411 e. The molecular formula is C14H17ClN4O4. The van der Waals surface area contributed by atoms with Crippen molar-refractivity contribution in [1.82, 2.24) is 10.3 Å². The average Bonchev–Trinajstić information content (AvgIpc) is 2.54. The van der Waals surface area contributed by atoms with Crippen molar-refractivity contribution in [2.24, 2.45) is 5.16 Å². The number of amides is 1. The molecule has 1 rings (SSSR count). The molecule has 0 aliphatic carbocycles. The molecule has 2 N–H and O–H groups in total. The second-order valence-corrected chi connectivity index (χ2v) is 5.01. The van der Waals surface area contributed by atoms with Gasteiger partial charge >= 0.3 is 0 Å². The Labute approximate surface area is 138 Å². The van der Waals surface area contributed by atoms with Gasteiger partial charge < -0.3 is 10.5 Å². The van der Waals surface area contributed by atoms with E-state index in [1.54, 1.807) is 13.0 Å². The maximum Gasteiger partial charge on any atom is 0.254 e. The monoisotopic (exact) mass is 340 g/mol. The number of pyridine rings is 1. The van der Waals surface area contributed by atoms with Crippen LogP contribution in [-0.2, 0) is 0 Å². The molecule has 0 saturated heterocycles. The van der Waals surface area contributed by atoms with Crippen LogP contribution in [0.25, 0.3) is 0 Å². The summed E-state index contributed by atoms with van der Waals surface area (Å²) in [5, 5.41) is 25.5. The molecule has 0 fully saturated rings. The quantitative estimate of drug-likeness (QED) is 0.259. The average molecular weight is 341 g/mol. The Morgan fingerprint density at radius 2 is 2.35 bits per heavy atom. The van der Waals surface area contributed by atoms with Gasteiger partial charge in [0.2, 0.25) is 6.04 Å². The van der Waals surface area contributed by atoms with E-state index in [9.17, 15) is 14.9 Å². The van der Waals surface area contributed by atoms with Gasteiger partial charge in [0.15, 0.2) is 0 Å². The molecule has 1 amide bonds. The largest absolute Gasteiger partial charge is 0.411 e.